The van der Waals surface area contributed by atoms with Crippen LogP contribution in [-0.2, 0) is 14.3 Å². The third kappa shape index (κ3) is 2.30. The predicted molar refractivity (Wildman–Crippen MR) is 62.3 cm³/mol. The molecule has 2 rings (SSSR count). The number of esters is 1. The lowest BCUT2D eigenvalue weighted by atomic mass is 9.88. The van der Waals surface area contributed by atoms with Crippen molar-refractivity contribution in [2.45, 2.75) is 12.8 Å². The van der Waals surface area contributed by atoms with Crippen LogP contribution in [0, 0.1) is 5.92 Å². The minimum Gasteiger partial charge on any atom is -0.466 e. The number of ether oxygens (including phenoxy) is 1. The number of carbonyl (C=O) groups is 2. The quantitative estimate of drug-likeness (QED) is 0.795. The van der Waals surface area contributed by atoms with E-state index in [1.165, 1.54) is 0 Å². The van der Waals surface area contributed by atoms with Crippen LogP contribution < -0.4 is 5.32 Å². The van der Waals surface area contributed by atoms with E-state index in [4.69, 9.17) is 4.74 Å². The maximum absolute atomic E-state index is 11.8. The van der Waals surface area contributed by atoms with Crippen molar-refractivity contribution in [3.05, 3.63) is 35.9 Å². The molecule has 1 aromatic rings. The van der Waals surface area contributed by atoms with Crippen LogP contribution in [0.3, 0.4) is 0 Å². The molecule has 0 aliphatic carbocycles. The van der Waals surface area contributed by atoms with Gasteiger partial charge in [-0.25, -0.2) is 0 Å². The number of amides is 1. The van der Waals surface area contributed by atoms with Crippen molar-refractivity contribution in [1.82, 2.24) is 5.32 Å². The molecule has 90 valence electrons. The highest BCUT2D eigenvalue weighted by atomic mass is 16.5. The second-order valence-electron chi connectivity index (χ2n) is 3.99. The molecule has 1 heterocycles. The molecule has 0 bridgehead atoms. The summed E-state index contributed by atoms with van der Waals surface area (Å²) in [6.45, 7) is 2.46. The second-order valence-corrected chi connectivity index (χ2v) is 3.99. The molecule has 1 aliphatic rings. The molecule has 17 heavy (non-hydrogen) atoms. The highest BCUT2D eigenvalue weighted by molar-refractivity contribution is 5.93. The Morgan fingerprint density at radius 2 is 2.12 bits per heavy atom. The van der Waals surface area contributed by atoms with E-state index in [1.807, 2.05) is 30.3 Å². The van der Waals surface area contributed by atoms with Crippen LogP contribution in [-0.4, -0.2) is 25.0 Å². The fourth-order valence-corrected chi connectivity index (χ4v) is 2.13. The zero-order chi connectivity index (χ0) is 12.3. The molecular weight excluding hydrogens is 218 g/mol. The molecular formula is C13H15NO3. The second kappa shape index (κ2) is 4.99. The third-order valence-corrected chi connectivity index (χ3v) is 2.93. The standard InChI is InChI=1S/C13H15NO3/c1-2-17-13(16)10-8-14-12(15)11(10)9-6-4-3-5-7-9/h3-7,10-11H,2,8H2,1H3,(H,14,15)/t10-,11-/m0/s1. The Balaban J connectivity index is 2.23. The molecule has 0 saturated carbocycles. The van der Waals surface area contributed by atoms with Crippen molar-refractivity contribution >= 4 is 11.9 Å². The van der Waals surface area contributed by atoms with E-state index < -0.39 is 11.8 Å². The smallest absolute Gasteiger partial charge is 0.311 e. The summed E-state index contributed by atoms with van der Waals surface area (Å²) >= 11 is 0. The van der Waals surface area contributed by atoms with Gasteiger partial charge in [0.2, 0.25) is 5.91 Å². The summed E-state index contributed by atoms with van der Waals surface area (Å²) in [7, 11) is 0. The Bertz CT molecular complexity index is 416. The average molecular weight is 233 g/mol. The van der Waals surface area contributed by atoms with Crippen molar-refractivity contribution in [1.29, 1.82) is 0 Å². The van der Waals surface area contributed by atoms with E-state index in [1.54, 1.807) is 6.92 Å². The SMILES string of the molecule is CCOC(=O)[C@H]1CNC(=O)[C@H]1c1ccccc1. The summed E-state index contributed by atoms with van der Waals surface area (Å²) in [5.74, 6) is -1.24. The minimum absolute atomic E-state index is 0.103. The maximum atomic E-state index is 11.8. The van der Waals surface area contributed by atoms with Crippen LogP contribution in [0.25, 0.3) is 0 Å². The van der Waals surface area contributed by atoms with Gasteiger partial charge in [0.15, 0.2) is 0 Å². The van der Waals surface area contributed by atoms with Gasteiger partial charge in [0.1, 0.15) is 0 Å². The Labute approximate surface area is 100.0 Å². The molecule has 1 saturated heterocycles. The molecule has 1 fully saturated rings. The summed E-state index contributed by atoms with van der Waals surface area (Å²) in [5.41, 5.74) is 0.862. The first-order chi connectivity index (χ1) is 8.24. The number of hydrogen-bond donors (Lipinski definition) is 1. The van der Waals surface area contributed by atoms with Crippen molar-refractivity contribution in [2.75, 3.05) is 13.2 Å². The molecule has 0 spiro atoms. The highest BCUT2D eigenvalue weighted by Crippen LogP contribution is 2.29. The Morgan fingerprint density at radius 3 is 2.76 bits per heavy atom. The number of hydrogen-bond acceptors (Lipinski definition) is 3. The van der Waals surface area contributed by atoms with E-state index in [0.717, 1.165) is 5.56 Å². The lowest BCUT2D eigenvalue weighted by Crippen LogP contribution is -2.24. The molecule has 1 amide bonds. The van der Waals surface area contributed by atoms with Crippen LogP contribution in [0.5, 0.6) is 0 Å². The molecule has 2 atom stereocenters. The summed E-state index contributed by atoms with van der Waals surface area (Å²) < 4.78 is 4.99. The van der Waals surface area contributed by atoms with Crippen LogP contribution in [0.4, 0.5) is 0 Å². The summed E-state index contributed by atoms with van der Waals surface area (Å²) in [5, 5.41) is 2.72. The third-order valence-electron chi connectivity index (χ3n) is 2.93. The van der Waals surface area contributed by atoms with Gasteiger partial charge in [-0.05, 0) is 12.5 Å². The van der Waals surface area contributed by atoms with Gasteiger partial charge in [-0.2, -0.15) is 0 Å². The number of benzene rings is 1. The molecule has 0 unspecified atom stereocenters. The van der Waals surface area contributed by atoms with Crippen molar-refractivity contribution < 1.29 is 14.3 Å². The van der Waals surface area contributed by atoms with Gasteiger partial charge < -0.3 is 10.1 Å². The Morgan fingerprint density at radius 1 is 1.41 bits per heavy atom. The van der Waals surface area contributed by atoms with E-state index in [-0.39, 0.29) is 11.9 Å². The van der Waals surface area contributed by atoms with Gasteiger partial charge >= 0.3 is 5.97 Å². The Kier molecular flexibility index (Phi) is 3.42. The summed E-state index contributed by atoms with van der Waals surface area (Å²) in [4.78, 5) is 23.5. The van der Waals surface area contributed by atoms with Gasteiger partial charge in [-0.1, -0.05) is 30.3 Å². The van der Waals surface area contributed by atoms with Gasteiger partial charge in [-0.3, -0.25) is 9.59 Å². The molecule has 0 radical (unpaired) electrons. The van der Waals surface area contributed by atoms with Crippen LogP contribution in [0.1, 0.15) is 18.4 Å². The Hall–Kier alpha value is -1.84. The van der Waals surface area contributed by atoms with Gasteiger partial charge in [0, 0.05) is 6.54 Å². The van der Waals surface area contributed by atoms with Crippen LogP contribution in [0.2, 0.25) is 0 Å². The molecule has 1 aromatic carbocycles. The average Bonchev–Trinajstić information content (AvgIpc) is 2.73. The molecule has 4 nitrogen and oxygen atoms in total. The lowest BCUT2D eigenvalue weighted by molar-refractivity contribution is -0.148. The predicted octanol–water partition coefficient (Wildman–Crippen LogP) is 1.08. The molecule has 0 aromatic heterocycles. The summed E-state index contributed by atoms with van der Waals surface area (Å²) in [6, 6.07) is 9.34. The number of nitrogens with one attached hydrogen (secondary N) is 1. The number of carbonyl (C=O) groups excluding carboxylic acids is 2. The summed E-state index contributed by atoms with van der Waals surface area (Å²) in [6.07, 6.45) is 0. The zero-order valence-electron chi connectivity index (χ0n) is 9.68. The van der Waals surface area contributed by atoms with E-state index >= 15 is 0 Å². The van der Waals surface area contributed by atoms with Crippen molar-refractivity contribution in [3.8, 4) is 0 Å². The normalized spacial score (nSPS) is 23.2. The lowest BCUT2D eigenvalue weighted by Gasteiger charge is -2.15. The van der Waals surface area contributed by atoms with Crippen molar-refractivity contribution in [2.24, 2.45) is 5.92 Å². The monoisotopic (exact) mass is 233 g/mol. The van der Waals surface area contributed by atoms with E-state index in [9.17, 15) is 9.59 Å². The maximum Gasteiger partial charge on any atom is 0.311 e. The fourth-order valence-electron chi connectivity index (χ4n) is 2.13. The van der Waals surface area contributed by atoms with Gasteiger partial charge in [-0.15, -0.1) is 0 Å². The molecule has 4 heteroatoms. The van der Waals surface area contributed by atoms with E-state index in [0.29, 0.717) is 13.2 Å². The molecule has 1 N–H and O–H groups in total. The topological polar surface area (TPSA) is 55.4 Å². The highest BCUT2D eigenvalue weighted by Gasteiger charge is 2.41. The van der Waals surface area contributed by atoms with Gasteiger partial charge in [0.25, 0.3) is 0 Å². The van der Waals surface area contributed by atoms with Crippen LogP contribution >= 0.6 is 0 Å². The minimum atomic E-state index is -0.421. The van der Waals surface area contributed by atoms with Crippen LogP contribution in [0.15, 0.2) is 30.3 Å². The zero-order valence-corrected chi connectivity index (χ0v) is 9.68. The molecule has 1 aliphatic heterocycles. The van der Waals surface area contributed by atoms with Crippen molar-refractivity contribution in [3.63, 3.8) is 0 Å². The largest absolute Gasteiger partial charge is 0.466 e. The van der Waals surface area contributed by atoms with Gasteiger partial charge in [0.05, 0.1) is 18.4 Å². The first-order valence-corrected chi connectivity index (χ1v) is 5.73. The fraction of sp³-hybridized carbons (Fsp3) is 0.385. The first-order valence-electron chi connectivity index (χ1n) is 5.73. The first kappa shape index (κ1) is 11.6. The van der Waals surface area contributed by atoms with E-state index in [2.05, 4.69) is 5.32 Å². The number of rotatable bonds is 3.